The predicted octanol–water partition coefficient (Wildman–Crippen LogP) is 4.26. The van der Waals surface area contributed by atoms with E-state index in [0.717, 1.165) is 63.2 Å². The van der Waals surface area contributed by atoms with Crippen LogP contribution in [0.1, 0.15) is 68.5 Å². The van der Waals surface area contributed by atoms with Crippen LogP contribution < -0.4 is 0 Å². The van der Waals surface area contributed by atoms with E-state index in [1.54, 1.807) is 0 Å². The van der Waals surface area contributed by atoms with Crippen LogP contribution in [0.15, 0.2) is 24.3 Å². The number of hydrogen-bond acceptors (Lipinski definition) is 3. The van der Waals surface area contributed by atoms with E-state index in [4.69, 9.17) is 0 Å². The first kappa shape index (κ1) is 21.0. The fourth-order valence-corrected chi connectivity index (χ4v) is 7.55. The smallest absolute Gasteiger partial charge is 0.303 e. The maximum Gasteiger partial charge on any atom is 0.303 e. The SMILES string of the molecule is Cc1ccc([C@@H](CCC(=O)O)N2CCN(C(=O)C34CC5CC(CC(C5)C3)C4)CC2)cc1. The van der Waals surface area contributed by atoms with Crippen molar-refractivity contribution in [3.05, 3.63) is 35.4 Å². The third-order valence-electron chi connectivity index (χ3n) is 8.63. The topological polar surface area (TPSA) is 60.9 Å². The van der Waals surface area contributed by atoms with Gasteiger partial charge in [0.2, 0.25) is 5.91 Å². The van der Waals surface area contributed by atoms with Crippen LogP contribution >= 0.6 is 0 Å². The van der Waals surface area contributed by atoms with Gasteiger partial charge in [-0.05, 0) is 75.2 Å². The molecule has 1 amide bonds. The van der Waals surface area contributed by atoms with Crippen LogP contribution in [-0.2, 0) is 9.59 Å². The second-order valence-corrected chi connectivity index (χ2v) is 10.9. The number of carboxylic acids is 1. The number of benzene rings is 1. The Bertz CT molecular complexity index is 790. The standard InChI is InChI=1S/C26H36N2O3/c1-18-2-4-22(5-3-18)23(6-7-24(29)30)27-8-10-28(11-9-27)25(31)26-15-19-12-20(16-26)14-21(13-19)17-26/h2-5,19-21,23H,6-17H2,1H3,(H,29,30)/t19?,20?,21?,23-,26?/m1/s1. The average molecular weight is 425 g/mol. The van der Waals surface area contributed by atoms with E-state index < -0.39 is 5.97 Å². The summed E-state index contributed by atoms with van der Waals surface area (Å²) >= 11 is 0. The molecule has 0 spiro atoms. The van der Waals surface area contributed by atoms with Gasteiger partial charge in [0.05, 0.1) is 5.41 Å². The van der Waals surface area contributed by atoms with Gasteiger partial charge in [0.1, 0.15) is 0 Å². The van der Waals surface area contributed by atoms with Crippen molar-refractivity contribution in [2.24, 2.45) is 23.2 Å². The highest BCUT2D eigenvalue weighted by atomic mass is 16.4. The summed E-state index contributed by atoms with van der Waals surface area (Å²) in [6.45, 7) is 5.28. The van der Waals surface area contributed by atoms with Gasteiger partial charge in [-0.1, -0.05) is 29.8 Å². The molecule has 1 aliphatic heterocycles. The zero-order valence-electron chi connectivity index (χ0n) is 18.8. The lowest BCUT2D eigenvalue weighted by molar-refractivity contribution is -0.159. The molecule has 1 aromatic rings. The lowest BCUT2D eigenvalue weighted by Crippen LogP contribution is -2.58. The Morgan fingerprint density at radius 1 is 0.968 bits per heavy atom. The second kappa shape index (κ2) is 8.23. The van der Waals surface area contributed by atoms with E-state index in [-0.39, 0.29) is 17.9 Å². The molecule has 4 saturated carbocycles. The first-order valence-electron chi connectivity index (χ1n) is 12.2. The van der Waals surface area contributed by atoms with Crippen molar-refractivity contribution >= 4 is 11.9 Å². The van der Waals surface area contributed by atoms with Crippen LogP contribution in [0.25, 0.3) is 0 Å². The van der Waals surface area contributed by atoms with E-state index in [2.05, 4.69) is 41.0 Å². The minimum Gasteiger partial charge on any atom is -0.481 e. The van der Waals surface area contributed by atoms with E-state index in [9.17, 15) is 14.7 Å². The zero-order valence-corrected chi connectivity index (χ0v) is 18.8. The molecule has 0 unspecified atom stereocenters. The van der Waals surface area contributed by atoms with Gasteiger partial charge in [-0.25, -0.2) is 0 Å². The maximum absolute atomic E-state index is 13.7. The Morgan fingerprint density at radius 2 is 1.52 bits per heavy atom. The van der Waals surface area contributed by atoms with Crippen LogP contribution in [0.5, 0.6) is 0 Å². The van der Waals surface area contributed by atoms with Gasteiger partial charge < -0.3 is 10.0 Å². The van der Waals surface area contributed by atoms with Gasteiger partial charge in [0.15, 0.2) is 0 Å². The Hall–Kier alpha value is -1.88. The predicted molar refractivity (Wildman–Crippen MR) is 120 cm³/mol. The first-order chi connectivity index (χ1) is 14.9. The number of aryl methyl sites for hydroxylation is 1. The summed E-state index contributed by atoms with van der Waals surface area (Å²) in [4.78, 5) is 29.5. The van der Waals surface area contributed by atoms with Gasteiger partial charge in [-0.2, -0.15) is 0 Å². The molecule has 4 bridgehead atoms. The summed E-state index contributed by atoms with van der Waals surface area (Å²) in [5.41, 5.74) is 2.34. The van der Waals surface area contributed by atoms with Gasteiger partial charge >= 0.3 is 5.97 Å². The Kier molecular flexibility index (Phi) is 5.58. The van der Waals surface area contributed by atoms with Crippen LogP contribution in [0.3, 0.4) is 0 Å². The highest BCUT2D eigenvalue weighted by molar-refractivity contribution is 5.83. The molecule has 5 heteroatoms. The molecule has 5 aliphatic rings. The molecular weight excluding hydrogens is 388 g/mol. The Labute approximate surface area is 185 Å². The quantitative estimate of drug-likeness (QED) is 0.741. The van der Waals surface area contributed by atoms with Gasteiger partial charge in [0.25, 0.3) is 0 Å². The molecule has 5 fully saturated rings. The summed E-state index contributed by atoms with van der Waals surface area (Å²) < 4.78 is 0. The average Bonchev–Trinajstić information content (AvgIpc) is 2.74. The minimum absolute atomic E-state index is 0.0589. The highest BCUT2D eigenvalue weighted by Crippen LogP contribution is 2.60. The first-order valence-corrected chi connectivity index (χ1v) is 12.2. The molecule has 1 aromatic carbocycles. The number of aliphatic carboxylic acids is 1. The van der Waals surface area contributed by atoms with E-state index in [1.165, 1.54) is 30.4 Å². The lowest BCUT2D eigenvalue weighted by atomic mass is 9.49. The van der Waals surface area contributed by atoms with Crippen LogP contribution in [0.4, 0.5) is 0 Å². The lowest BCUT2D eigenvalue weighted by Gasteiger charge is -2.57. The third-order valence-corrected chi connectivity index (χ3v) is 8.63. The van der Waals surface area contributed by atoms with Crippen molar-refractivity contribution in [1.82, 2.24) is 9.80 Å². The maximum atomic E-state index is 13.7. The number of nitrogens with zero attached hydrogens (tertiary/aromatic N) is 2. The normalized spacial score (nSPS) is 33.5. The van der Waals surface area contributed by atoms with Crippen LogP contribution in [0, 0.1) is 30.1 Å². The van der Waals surface area contributed by atoms with Gasteiger partial charge in [-0.15, -0.1) is 0 Å². The number of hydrogen-bond donors (Lipinski definition) is 1. The van der Waals surface area contributed by atoms with Crippen molar-refractivity contribution in [2.75, 3.05) is 26.2 Å². The number of carbonyl (C=O) groups is 2. The van der Waals surface area contributed by atoms with E-state index in [0.29, 0.717) is 12.3 Å². The second-order valence-electron chi connectivity index (χ2n) is 10.9. The fraction of sp³-hybridized carbons (Fsp3) is 0.692. The molecule has 5 nitrogen and oxygen atoms in total. The molecule has 1 atom stereocenters. The minimum atomic E-state index is -0.743. The Morgan fingerprint density at radius 3 is 2.03 bits per heavy atom. The molecule has 6 rings (SSSR count). The zero-order chi connectivity index (χ0) is 21.6. The van der Waals surface area contributed by atoms with Crippen LogP contribution in [-0.4, -0.2) is 53.0 Å². The number of carbonyl (C=O) groups excluding carboxylic acids is 1. The van der Waals surface area contributed by atoms with E-state index >= 15 is 0 Å². The molecule has 1 saturated heterocycles. The highest BCUT2D eigenvalue weighted by Gasteiger charge is 2.55. The molecule has 31 heavy (non-hydrogen) atoms. The molecule has 1 heterocycles. The molecule has 1 N–H and O–H groups in total. The summed E-state index contributed by atoms with van der Waals surface area (Å²) in [5, 5.41) is 9.25. The number of piperazine rings is 1. The van der Waals surface area contributed by atoms with E-state index in [1.807, 2.05) is 0 Å². The molecule has 4 aliphatic carbocycles. The van der Waals surface area contributed by atoms with Crippen molar-refractivity contribution in [3.63, 3.8) is 0 Å². The molecule has 0 aromatic heterocycles. The van der Waals surface area contributed by atoms with Crippen molar-refractivity contribution in [1.29, 1.82) is 0 Å². The number of rotatable bonds is 6. The monoisotopic (exact) mass is 424 g/mol. The molecule has 0 radical (unpaired) electrons. The number of carboxylic acid groups (broad SMARTS) is 1. The summed E-state index contributed by atoms with van der Waals surface area (Å²) in [6.07, 6.45) is 8.26. The van der Waals surface area contributed by atoms with Crippen molar-refractivity contribution in [3.8, 4) is 0 Å². The summed E-state index contributed by atoms with van der Waals surface area (Å²) in [6, 6.07) is 8.59. The fourth-order valence-electron chi connectivity index (χ4n) is 7.55. The van der Waals surface area contributed by atoms with Gasteiger partial charge in [-0.3, -0.25) is 14.5 Å². The van der Waals surface area contributed by atoms with Gasteiger partial charge in [0, 0.05) is 38.6 Å². The molecule has 168 valence electrons. The van der Waals surface area contributed by atoms with Crippen LogP contribution in [0.2, 0.25) is 0 Å². The third kappa shape index (κ3) is 4.13. The summed E-state index contributed by atoms with van der Waals surface area (Å²) in [7, 11) is 0. The summed E-state index contributed by atoms with van der Waals surface area (Å²) in [5.74, 6) is 2.06. The Balaban J connectivity index is 1.25. The van der Waals surface area contributed by atoms with Crippen molar-refractivity contribution in [2.45, 2.75) is 64.3 Å². The largest absolute Gasteiger partial charge is 0.481 e. The number of amides is 1. The van der Waals surface area contributed by atoms with Crippen molar-refractivity contribution < 1.29 is 14.7 Å². The molecular formula is C26H36N2O3.